The highest BCUT2D eigenvalue weighted by atomic mass is 16.5. The SMILES string of the molecule is CCCCC(=O)c1cn(CCCN2C3CCC2CC(OCC2CC2)C3)c2ccc(OC)cc12. The molecule has 3 heterocycles. The van der Waals surface area contributed by atoms with Crippen molar-refractivity contribution in [3.8, 4) is 5.75 Å². The van der Waals surface area contributed by atoms with E-state index in [-0.39, 0.29) is 5.78 Å². The molecule has 1 saturated carbocycles. The normalized spacial score (nSPS) is 25.1. The van der Waals surface area contributed by atoms with Crippen LogP contribution in [0.15, 0.2) is 24.4 Å². The zero-order valence-electron chi connectivity index (χ0n) is 20.4. The van der Waals surface area contributed by atoms with Gasteiger partial charge in [-0.1, -0.05) is 13.3 Å². The van der Waals surface area contributed by atoms with Crippen LogP contribution in [0.5, 0.6) is 5.75 Å². The molecule has 3 aliphatic rings. The van der Waals surface area contributed by atoms with Gasteiger partial charge >= 0.3 is 0 Å². The van der Waals surface area contributed by atoms with E-state index < -0.39 is 0 Å². The summed E-state index contributed by atoms with van der Waals surface area (Å²) >= 11 is 0. The number of nitrogens with zero attached hydrogens (tertiary/aromatic N) is 2. The smallest absolute Gasteiger partial charge is 0.165 e. The van der Waals surface area contributed by atoms with E-state index in [1.165, 1.54) is 38.5 Å². The lowest BCUT2D eigenvalue weighted by molar-refractivity contribution is -0.0241. The maximum Gasteiger partial charge on any atom is 0.165 e. The van der Waals surface area contributed by atoms with Gasteiger partial charge in [-0.15, -0.1) is 0 Å². The van der Waals surface area contributed by atoms with Gasteiger partial charge in [0.15, 0.2) is 5.78 Å². The molecule has 5 nitrogen and oxygen atoms in total. The number of fused-ring (bicyclic) bond motifs is 3. The molecule has 1 aromatic heterocycles. The first kappa shape index (κ1) is 22.9. The van der Waals surface area contributed by atoms with Gasteiger partial charge < -0.3 is 14.0 Å². The number of methoxy groups -OCH3 is 1. The number of piperidine rings is 1. The molecule has 2 aliphatic heterocycles. The minimum absolute atomic E-state index is 0.250. The zero-order valence-corrected chi connectivity index (χ0v) is 20.4. The highest BCUT2D eigenvalue weighted by molar-refractivity contribution is 6.08. The first-order valence-electron chi connectivity index (χ1n) is 13.2. The number of hydrogen-bond acceptors (Lipinski definition) is 4. The number of carbonyl (C=O) groups is 1. The zero-order chi connectivity index (χ0) is 22.8. The molecule has 0 radical (unpaired) electrons. The van der Waals surface area contributed by atoms with Crippen molar-refractivity contribution in [1.29, 1.82) is 0 Å². The second-order valence-electron chi connectivity index (χ2n) is 10.5. The molecular weight excluding hydrogens is 412 g/mol. The number of ketones is 1. The molecule has 1 aromatic carbocycles. The molecule has 2 unspecified atom stereocenters. The van der Waals surface area contributed by atoms with Gasteiger partial charge in [0.1, 0.15) is 5.75 Å². The van der Waals surface area contributed by atoms with Crippen LogP contribution >= 0.6 is 0 Å². The summed E-state index contributed by atoms with van der Waals surface area (Å²) in [4.78, 5) is 15.7. The molecular formula is C28H40N2O3. The number of hydrogen-bond donors (Lipinski definition) is 0. The second kappa shape index (κ2) is 10.2. The molecule has 2 bridgehead atoms. The number of aromatic nitrogens is 1. The minimum Gasteiger partial charge on any atom is -0.497 e. The number of rotatable bonds is 12. The van der Waals surface area contributed by atoms with Crippen LogP contribution < -0.4 is 4.74 Å². The van der Waals surface area contributed by atoms with E-state index >= 15 is 0 Å². The highest BCUT2D eigenvalue weighted by Gasteiger charge is 2.41. The topological polar surface area (TPSA) is 43.7 Å². The summed E-state index contributed by atoms with van der Waals surface area (Å²) in [6.45, 7) is 5.21. The Morgan fingerprint density at radius 2 is 1.85 bits per heavy atom. The largest absolute Gasteiger partial charge is 0.497 e. The van der Waals surface area contributed by atoms with Crippen molar-refractivity contribution in [3.63, 3.8) is 0 Å². The van der Waals surface area contributed by atoms with Crippen molar-refractivity contribution in [1.82, 2.24) is 9.47 Å². The fraction of sp³-hybridized carbons (Fsp3) is 0.679. The van der Waals surface area contributed by atoms with E-state index in [9.17, 15) is 4.79 Å². The van der Waals surface area contributed by atoms with Crippen molar-refractivity contribution >= 4 is 16.7 Å². The van der Waals surface area contributed by atoms with E-state index in [0.717, 1.165) is 67.1 Å². The average Bonchev–Trinajstić information content (AvgIpc) is 3.55. The average molecular weight is 453 g/mol. The van der Waals surface area contributed by atoms with E-state index in [1.54, 1.807) is 7.11 Å². The van der Waals surface area contributed by atoms with E-state index in [4.69, 9.17) is 9.47 Å². The quantitative estimate of drug-likeness (QED) is 0.380. The third-order valence-corrected chi connectivity index (χ3v) is 8.07. The number of Topliss-reactive ketones (excluding diaryl/α,β-unsaturated/α-hetero) is 1. The fourth-order valence-electron chi connectivity index (χ4n) is 5.99. The maximum absolute atomic E-state index is 12.9. The van der Waals surface area contributed by atoms with Crippen molar-refractivity contribution in [2.24, 2.45) is 5.92 Å². The number of benzene rings is 1. The Kier molecular flexibility index (Phi) is 7.07. The molecule has 2 atom stereocenters. The molecule has 33 heavy (non-hydrogen) atoms. The molecule has 5 rings (SSSR count). The summed E-state index contributed by atoms with van der Waals surface area (Å²) in [5, 5.41) is 1.03. The van der Waals surface area contributed by atoms with Crippen molar-refractivity contribution in [2.45, 2.75) is 95.9 Å². The summed E-state index contributed by atoms with van der Waals surface area (Å²) in [6.07, 6.45) is 14.1. The Balaban J connectivity index is 1.22. The van der Waals surface area contributed by atoms with Gasteiger partial charge in [-0.2, -0.15) is 0 Å². The molecule has 2 saturated heterocycles. The lowest BCUT2D eigenvalue weighted by Gasteiger charge is -2.39. The van der Waals surface area contributed by atoms with E-state index in [2.05, 4.69) is 28.7 Å². The van der Waals surface area contributed by atoms with Gasteiger partial charge in [-0.05, 0) is 75.5 Å². The van der Waals surface area contributed by atoms with Crippen molar-refractivity contribution < 1.29 is 14.3 Å². The van der Waals surface area contributed by atoms with E-state index in [1.807, 2.05) is 12.1 Å². The van der Waals surface area contributed by atoms with Gasteiger partial charge in [0.25, 0.3) is 0 Å². The Labute approximate surface area is 198 Å². The summed E-state index contributed by atoms with van der Waals surface area (Å²) in [6, 6.07) is 7.54. The maximum atomic E-state index is 12.9. The predicted molar refractivity (Wildman–Crippen MR) is 132 cm³/mol. The van der Waals surface area contributed by atoms with Gasteiger partial charge in [-0.25, -0.2) is 0 Å². The molecule has 2 aromatic rings. The summed E-state index contributed by atoms with van der Waals surface area (Å²) < 4.78 is 14.0. The summed E-state index contributed by atoms with van der Waals surface area (Å²) in [7, 11) is 1.69. The van der Waals surface area contributed by atoms with Crippen LogP contribution in [-0.4, -0.2) is 53.7 Å². The molecule has 0 N–H and O–H groups in total. The molecule has 0 amide bonds. The van der Waals surface area contributed by atoms with E-state index in [0.29, 0.717) is 24.6 Å². The van der Waals surface area contributed by atoms with Crippen LogP contribution in [0.2, 0.25) is 0 Å². The number of aryl methyl sites for hydroxylation is 1. The number of ether oxygens (including phenoxy) is 2. The van der Waals surface area contributed by atoms with Crippen molar-refractivity contribution in [3.05, 3.63) is 30.0 Å². The second-order valence-corrected chi connectivity index (χ2v) is 10.5. The monoisotopic (exact) mass is 452 g/mol. The predicted octanol–water partition coefficient (Wildman–Crippen LogP) is 5.83. The first-order chi connectivity index (χ1) is 16.2. The van der Waals surface area contributed by atoms with Gasteiger partial charge in [-0.3, -0.25) is 9.69 Å². The van der Waals surface area contributed by atoms with Crippen LogP contribution in [0.1, 0.15) is 81.5 Å². The fourth-order valence-corrected chi connectivity index (χ4v) is 5.99. The minimum atomic E-state index is 0.250. The standard InChI is InChI=1S/C28H40N2O3/c1-3-4-6-28(31)26-18-29(27-12-11-23(32-2)17-25(26)27)13-5-14-30-21-9-10-22(30)16-24(15-21)33-19-20-7-8-20/h11-12,17-18,20-22,24H,3-10,13-16,19H2,1-2H3. The molecule has 180 valence electrons. The first-order valence-corrected chi connectivity index (χ1v) is 13.2. The molecule has 1 aliphatic carbocycles. The number of carbonyl (C=O) groups excluding carboxylic acids is 1. The summed E-state index contributed by atoms with van der Waals surface area (Å²) in [5.41, 5.74) is 2.00. The third kappa shape index (κ3) is 5.14. The Bertz CT molecular complexity index is 949. The van der Waals surface area contributed by atoms with Crippen LogP contribution in [0.3, 0.4) is 0 Å². The third-order valence-electron chi connectivity index (χ3n) is 8.07. The summed E-state index contributed by atoms with van der Waals surface area (Å²) in [5.74, 6) is 1.92. The van der Waals surface area contributed by atoms with Crippen molar-refractivity contribution in [2.75, 3.05) is 20.3 Å². The Morgan fingerprint density at radius 3 is 2.55 bits per heavy atom. The Hall–Kier alpha value is -1.85. The van der Waals surface area contributed by atoms with Crippen LogP contribution in [-0.2, 0) is 11.3 Å². The van der Waals surface area contributed by atoms with Gasteiger partial charge in [0.2, 0.25) is 0 Å². The lowest BCUT2D eigenvalue weighted by atomic mass is 9.99. The highest BCUT2D eigenvalue weighted by Crippen LogP contribution is 2.38. The van der Waals surface area contributed by atoms with Crippen LogP contribution in [0, 0.1) is 5.92 Å². The van der Waals surface area contributed by atoms with Crippen LogP contribution in [0.4, 0.5) is 0 Å². The molecule has 0 spiro atoms. The van der Waals surface area contributed by atoms with Gasteiger partial charge in [0, 0.05) is 60.9 Å². The lowest BCUT2D eigenvalue weighted by Crippen LogP contribution is -2.46. The van der Waals surface area contributed by atoms with Gasteiger partial charge in [0.05, 0.1) is 13.2 Å². The van der Waals surface area contributed by atoms with Crippen LogP contribution in [0.25, 0.3) is 10.9 Å². The number of unbranched alkanes of at least 4 members (excludes halogenated alkanes) is 1. The molecule has 5 heteroatoms. The Morgan fingerprint density at radius 1 is 1.06 bits per heavy atom. The molecule has 3 fully saturated rings.